The molecule has 0 bridgehead atoms. The van der Waals surface area contributed by atoms with Gasteiger partial charge in [0.25, 0.3) is 0 Å². The van der Waals surface area contributed by atoms with Crippen LogP contribution in [0.5, 0.6) is 0 Å². The van der Waals surface area contributed by atoms with Crippen molar-refractivity contribution in [3.63, 3.8) is 0 Å². The first-order valence-electron chi connectivity index (χ1n) is 11.0. The lowest BCUT2D eigenvalue weighted by Gasteiger charge is -2.04. The van der Waals surface area contributed by atoms with E-state index in [-0.39, 0.29) is 0 Å². The van der Waals surface area contributed by atoms with Gasteiger partial charge in [0, 0.05) is 16.2 Å². The van der Waals surface area contributed by atoms with Crippen molar-refractivity contribution in [1.82, 2.24) is 9.55 Å². The molecule has 0 amide bonds. The molecule has 8 aromatic rings. The molecule has 4 heteroatoms. The maximum absolute atomic E-state index is 6.11. The summed E-state index contributed by atoms with van der Waals surface area (Å²) in [6.45, 7) is 0. The predicted octanol–water partition coefficient (Wildman–Crippen LogP) is 8.45. The first kappa shape index (κ1) is 17.4. The van der Waals surface area contributed by atoms with Crippen molar-refractivity contribution in [2.24, 2.45) is 0 Å². The lowest BCUT2D eigenvalue weighted by molar-refractivity contribution is 0.669. The Bertz CT molecular complexity index is 2040. The van der Waals surface area contributed by atoms with Gasteiger partial charge in [0.05, 0.1) is 26.6 Å². The molecule has 3 nitrogen and oxygen atoms in total. The summed E-state index contributed by atoms with van der Waals surface area (Å²) in [7, 11) is 0. The summed E-state index contributed by atoms with van der Waals surface area (Å²) in [5, 5.41) is 8.24. The molecule has 0 radical (unpaired) electrons. The quantitative estimate of drug-likeness (QED) is 0.256. The normalized spacial score (nSPS) is 12.2. The zero-order valence-electron chi connectivity index (χ0n) is 17.4. The van der Waals surface area contributed by atoms with Crippen LogP contribution in [0.2, 0.25) is 0 Å². The van der Waals surface area contributed by atoms with E-state index in [1.54, 1.807) is 11.3 Å². The highest BCUT2D eigenvalue weighted by molar-refractivity contribution is 7.21. The van der Waals surface area contributed by atoms with Crippen molar-refractivity contribution in [1.29, 1.82) is 0 Å². The zero-order chi connectivity index (χ0) is 21.5. The minimum absolute atomic E-state index is 0.883. The smallest absolute Gasteiger partial charge is 0.195 e. The van der Waals surface area contributed by atoms with Crippen LogP contribution in [0.1, 0.15) is 0 Å². The Hall–Kier alpha value is -4.15. The molecule has 3 aromatic heterocycles. The Kier molecular flexibility index (Phi) is 3.28. The molecule has 154 valence electrons. The fourth-order valence-electron chi connectivity index (χ4n) is 5.23. The number of furan rings is 1. The topological polar surface area (TPSA) is 31.0 Å². The van der Waals surface area contributed by atoms with E-state index in [2.05, 4.69) is 89.5 Å². The number of hydrogen-bond acceptors (Lipinski definition) is 3. The molecular formula is C29H16N2OS. The molecule has 0 spiro atoms. The number of rotatable bonds is 1. The minimum Gasteiger partial charge on any atom is -0.456 e. The van der Waals surface area contributed by atoms with Crippen LogP contribution in [0.25, 0.3) is 69.9 Å². The van der Waals surface area contributed by atoms with Crippen LogP contribution in [0.15, 0.2) is 101 Å². The molecule has 0 fully saturated rings. The van der Waals surface area contributed by atoms with Gasteiger partial charge < -0.3 is 4.42 Å². The number of thiazole rings is 1. The first-order valence-corrected chi connectivity index (χ1v) is 11.8. The van der Waals surface area contributed by atoms with Crippen molar-refractivity contribution in [3.8, 4) is 5.13 Å². The Morgan fingerprint density at radius 1 is 0.606 bits per heavy atom. The van der Waals surface area contributed by atoms with Crippen LogP contribution in [-0.4, -0.2) is 9.55 Å². The van der Waals surface area contributed by atoms with Gasteiger partial charge in [-0.15, -0.1) is 0 Å². The molecule has 0 unspecified atom stereocenters. The minimum atomic E-state index is 0.883. The third-order valence-corrected chi connectivity index (χ3v) is 7.65. The number of benzene rings is 5. The van der Waals surface area contributed by atoms with E-state index in [0.29, 0.717) is 0 Å². The average Bonchev–Trinajstić information content (AvgIpc) is 3.54. The van der Waals surface area contributed by atoms with Gasteiger partial charge in [-0.25, -0.2) is 4.98 Å². The van der Waals surface area contributed by atoms with E-state index >= 15 is 0 Å². The monoisotopic (exact) mass is 440 g/mol. The number of nitrogens with zero attached hydrogens (tertiary/aromatic N) is 2. The molecule has 8 rings (SSSR count). The molecular weight excluding hydrogens is 424 g/mol. The molecule has 3 heterocycles. The molecule has 0 aliphatic rings. The second kappa shape index (κ2) is 6.21. The Morgan fingerprint density at radius 2 is 1.39 bits per heavy atom. The lowest BCUT2D eigenvalue weighted by atomic mass is 10.0. The van der Waals surface area contributed by atoms with E-state index < -0.39 is 0 Å². The molecule has 0 N–H and O–H groups in total. The van der Waals surface area contributed by atoms with Crippen LogP contribution in [0.4, 0.5) is 0 Å². The van der Waals surface area contributed by atoms with Crippen LogP contribution in [0.3, 0.4) is 0 Å². The summed E-state index contributed by atoms with van der Waals surface area (Å²) in [5.74, 6) is 0. The third-order valence-electron chi connectivity index (χ3n) is 6.64. The van der Waals surface area contributed by atoms with Crippen molar-refractivity contribution in [2.45, 2.75) is 0 Å². The van der Waals surface area contributed by atoms with E-state index in [9.17, 15) is 0 Å². The summed E-state index contributed by atoms with van der Waals surface area (Å²) >= 11 is 1.73. The predicted molar refractivity (Wildman–Crippen MR) is 139 cm³/mol. The molecule has 0 saturated carbocycles. The maximum Gasteiger partial charge on any atom is 0.195 e. The van der Waals surface area contributed by atoms with Gasteiger partial charge in [-0.1, -0.05) is 78.1 Å². The third kappa shape index (κ3) is 2.25. The molecule has 5 aromatic carbocycles. The average molecular weight is 441 g/mol. The molecule has 33 heavy (non-hydrogen) atoms. The zero-order valence-corrected chi connectivity index (χ0v) is 18.3. The summed E-state index contributed by atoms with van der Waals surface area (Å²) in [6.07, 6.45) is 0. The van der Waals surface area contributed by atoms with Gasteiger partial charge in [0.1, 0.15) is 11.2 Å². The summed E-state index contributed by atoms with van der Waals surface area (Å²) < 4.78 is 9.59. The molecule has 0 aliphatic heterocycles. The van der Waals surface area contributed by atoms with Gasteiger partial charge in [-0.3, -0.25) is 4.57 Å². The van der Waals surface area contributed by atoms with Gasteiger partial charge >= 0.3 is 0 Å². The first-order chi connectivity index (χ1) is 16.4. The number of aromatic nitrogens is 2. The molecule has 0 saturated heterocycles. The standard InChI is InChI=1S/C29H16N2OS/c1-2-8-18-17(7-1)13-14-22-26(18)19-9-3-5-11-21(19)31(22)29-30-28-25(33-29)16-15-24-27(28)20-10-4-6-12-23(20)32-24/h1-16H. The fraction of sp³-hybridized carbons (Fsp3) is 0. The van der Waals surface area contributed by atoms with Crippen LogP contribution in [0, 0.1) is 0 Å². The van der Waals surface area contributed by atoms with Gasteiger partial charge in [0.15, 0.2) is 5.13 Å². The summed E-state index contributed by atoms with van der Waals surface area (Å²) in [5.41, 5.74) is 5.15. The second-order valence-electron chi connectivity index (χ2n) is 8.41. The van der Waals surface area contributed by atoms with Crippen LogP contribution in [-0.2, 0) is 0 Å². The van der Waals surface area contributed by atoms with Crippen molar-refractivity contribution in [3.05, 3.63) is 97.1 Å². The van der Waals surface area contributed by atoms with E-state index in [1.807, 2.05) is 12.1 Å². The number of para-hydroxylation sites is 2. The van der Waals surface area contributed by atoms with E-state index in [4.69, 9.17) is 9.40 Å². The molecule has 0 aliphatic carbocycles. The fourth-order valence-corrected chi connectivity index (χ4v) is 6.23. The summed E-state index contributed by atoms with van der Waals surface area (Å²) in [6, 6.07) is 34.1. The summed E-state index contributed by atoms with van der Waals surface area (Å²) in [4.78, 5) is 5.21. The Morgan fingerprint density at radius 3 is 2.33 bits per heavy atom. The number of hydrogen-bond donors (Lipinski definition) is 0. The molecule has 0 atom stereocenters. The maximum atomic E-state index is 6.11. The number of fused-ring (bicyclic) bond motifs is 10. The highest BCUT2D eigenvalue weighted by Gasteiger charge is 2.19. The van der Waals surface area contributed by atoms with E-state index in [1.165, 1.54) is 32.6 Å². The Balaban J connectivity index is 1.53. The highest BCUT2D eigenvalue weighted by atomic mass is 32.1. The van der Waals surface area contributed by atoms with Gasteiger partial charge in [0.2, 0.25) is 0 Å². The van der Waals surface area contributed by atoms with Crippen LogP contribution < -0.4 is 0 Å². The largest absolute Gasteiger partial charge is 0.456 e. The lowest BCUT2D eigenvalue weighted by Crippen LogP contribution is -1.92. The SMILES string of the molecule is c1ccc2c(c1)ccc1c2c2ccccc2n1-c1nc2c(ccc3oc4ccccc4c32)s1. The van der Waals surface area contributed by atoms with Crippen molar-refractivity contribution in [2.75, 3.05) is 0 Å². The highest BCUT2D eigenvalue weighted by Crippen LogP contribution is 2.41. The van der Waals surface area contributed by atoms with Crippen LogP contribution >= 0.6 is 11.3 Å². The van der Waals surface area contributed by atoms with Gasteiger partial charge in [-0.2, -0.15) is 0 Å². The Labute approximate surface area is 192 Å². The van der Waals surface area contributed by atoms with Crippen molar-refractivity contribution >= 4 is 76.1 Å². The van der Waals surface area contributed by atoms with E-state index in [0.717, 1.165) is 37.3 Å². The van der Waals surface area contributed by atoms with Crippen molar-refractivity contribution < 1.29 is 4.42 Å². The van der Waals surface area contributed by atoms with Gasteiger partial charge in [-0.05, 0) is 41.1 Å². The second-order valence-corrected chi connectivity index (χ2v) is 9.42.